The summed E-state index contributed by atoms with van der Waals surface area (Å²) in [5.41, 5.74) is 8.80. The van der Waals surface area contributed by atoms with Crippen LogP contribution in [0.1, 0.15) is 40.0 Å². The summed E-state index contributed by atoms with van der Waals surface area (Å²) in [6, 6.07) is 0. The van der Waals surface area contributed by atoms with Crippen LogP contribution in [0.25, 0.3) is 0 Å². The Balaban J connectivity index is -0.0000000375. The largest absolute Gasteiger partial charge is 0.487 e. The maximum atomic E-state index is 7.56. The Kier molecular flexibility index (Phi) is 63.7. The third-order valence-corrected chi connectivity index (χ3v) is 0.707. The average molecular weight is 324 g/mol. The summed E-state index contributed by atoms with van der Waals surface area (Å²) >= 11 is 7.74. The van der Waals surface area contributed by atoms with Gasteiger partial charge in [-0.15, -0.1) is 6.58 Å². The Morgan fingerprint density at radius 2 is 1.24 bits per heavy atom. The van der Waals surface area contributed by atoms with Crippen LogP contribution in [0.2, 0.25) is 0 Å². The maximum absolute atomic E-state index is 7.56. The van der Waals surface area contributed by atoms with Gasteiger partial charge in [0.15, 0.2) is 0 Å². The molecular formula is C10H24FeN2O2S2. The van der Waals surface area contributed by atoms with Crippen molar-refractivity contribution in [3.63, 3.8) is 0 Å². The van der Waals surface area contributed by atoms with Crippen molar-refractivity contribution in [1.82, 2.24) is 0 Å². The van der Waals surface area contributed by atoms with Gasteiger partial charge in [0.2, 0.25) is 0 Å². The first-order valence-electron chi connectivity index (χ1n) is 4.83. The molecule has 17 heavy (non-hydrogen) atoms. The van der Waals surface area contributed by atoms with Crippen molar-refractivity contribution in [3.05, 3.63) is 12.7 Å². The molecule has 0 aliphatic heterocycles. The summed E-state index contributed by atoms with van der Waals surface area (Å²) in [6.45, 7) is 9.67. The summed E-state index contributed by atoms with van der Waals surface area (Å²) < 4.78 is 0. The van der Waals surface area contributed by atoms with Gasteiger partial charge in [-0.3, -0.25) is 0 Å². The third kappa shape index (κ3) is 1080. The molecule has 0 aromatic rings. The number of hydrogen-bond donors (Lipinski definition) is 4. The van der Waals surface area contributed by atoms with Crippen LogP contribution in [-0.2, 0) is 17.1 Å². The molecule has 0 unspecified atom stereocenters. The van der Waals surface area contributed by atoms with Crippen molar-refractivity contribution in [2.24, 2.45) is 11.5 Å². The van der Waals surface area contributed by atoms with E-state index in [4.69, 9.17) is 10.2 Å². The number of aliphatic hydroxyl groups is 2. The Labute approximate surface area is 126 Å². The molecule has 106 valence electrons. The Morgan fingerprint density at radius 3 is 1.24 bits per heavy atom. The second-order valence-electron chi connectivity index (χ2n) is 2.44. The van der Waals surface area contributed by atoms with E-state index in [9.17, 15) is 0 Å². The van der Waals surface area contributed by atoms with Gasteiger partial charge in [0.1, 0.15) is 0 Å². The molecule has 0 radical (unpaired) electrons. The van der Waals surface area contributed by atoms with E-state index in [1.165, 1.54) is 19.3 Å². The van der Waals surface area contributed by atoms with E-state index in [1.807, 2.05) is 6.92 Å². The molecule has 6 N–H and O–H groups in total. The van der Waals surface area contributed by atoms with Crippen molar-refractivity contribution in [3.8, 4) is 0 Å². The zero-order valence-electron chi connectivity index (χ0n) is 10.6. The molecule has 0 heterocycles. The summed E-state index contributed by atoms with van der Waals surface area (Å²) in [6.07, 6.45) is 5.83. The van der Waals surface area contributed by atoms with Gasteiger partial charge in [0.05, 0.1) is 0 Å². The molecule has 0 saturated heterocycles. The quantitative estimate of drug-likeness (QED) is 0.354. The fraction of sp³-hybridized carbons (Fsp3) is 0.600. The van der Waals surface area contributed by atoms with Gasteiger partial charge < -0.3 is 21.7 Å². The minimum Gasteiger partial charge on any atom is -0.487 e. The molecule has 0 aromatic heterocycles. The summed E-state index contributed by atoms with van der Waals surface area (Å²) in [7, 11) is 0. The van der Waals surface area contributed by atoms with Crippen LogP contribution in [-0.4, -0.2) is 20.6 Å². The maximum Gasteiger partial charge on any atom is 0.251 e. The van der Waals surface area contributed by atoms with Gasteiger partial charge in [-0.05, 0) is 31.4 Å². The number of nitrogens with two attached hydrogens (primary N) is 2. The molecule has 7 heteroatoms. The van der Waals surface area contributed by atoms with Gasteiger partial charge in [0, 0.05) is 17.1 Å². The van der Waals surface area contributed by atoms with E-state index >= 15 is 0 Å². The number of unbranched alkanes of at least 4 members (excludes halogenated alkanes) is 2. The molecule has 0 atom stereocenters. The van der Waals surface area contributed by atoms with Crippen LogP contribution in [0, 0.1) is 0 Å². The first kappa shape index (κ1) is 30.0. The third-order valence-electron chi connectivity index (χ3n) is 0.707. The van der Waals surface area contributed by atoms with Crippen molar-refractivity contribution < 1.29 is 27.3 Å². The molecule has 0 aliphatic rings. The molecular weight excluding hydrogens is 300 g/mol. The number of thiocarbonyl (C=S) groups is 2. The average Bonchev–Trinajstić information content (AvgIpc) is 2.04. The van der Waals surface area contributed by atoms with Crippen LogP contribution in [0.15, 0.2) is 12.7 Å². The molecule has 0 amide bonds. The second kappa shape index (κ2) is 36.1. The van der Waals surface area contributed by atoms with Crippen molar-refractivity contribution in [2.75, 3.05) is 0 Å². The van der Waals surface area contributed by atoms with E-state index in [-0.39, 0.29) is 17.1 Å². The van der Waals surface area contributed by atoms with E-state index in [2.05, 4.69) is 56.3 Å². The summed E-state index contributed by atoms with van der Waals surface area (Å²) in [4.78, 5) is 0. The fourth-order valence-corrected chi connectivity index (χ4v) is 0.354. The molecule has 0 bridgehead atoms. The smallest absolute Gasteiger partial charge is 0.251 e. The van der Waals surface area contributed by atoms with Crippen LogP contribution in [0.3, 0.4) is 0 Å². The molecule has 0 spiro atoms. The molecule has 0 saturated carbocycles. The van der Waals surface area contributed by atoms with E-state index in [0.717, 1.165) is 0 Å². The van der Waals surface area contributed by atoms with Gasteiger partial charge in [0.25, 0.3) is 10.3 Å². The molecule has 4 nitrogen and oxygen atoms in total. The molecule has 0 fully saturated rings. The number of allylic oxidation sites excluding steroid dienone is 1. The van der Waals surface area contributed by atoms with Gasteiger partial charge >= 0.3 is 0 Å². The number of rotatable bonds is 2. The molecule has 0 rings (SSSR count). The molecule has 0 aromatic carbocycles. The number of aliphatic hydroxyl groups excluding tert-OH is 2. The number of hydrogen-bond acceptors (Lipinski definition) is 2. The minimum absolute atomic E-state index is 0. The van der Waals surface area contributed by atoms with Crippen molar-refractivity contribution in [1.29, 1.82) is 0 Å². The predicted octanol–water partition coefficient (Wildman–Crippen LogP) is 2.96. The van der Waals surface area contributed by atoms with Crippen molar-refractivity contribution >= 4 is 34.8 Å². The second-order valence-corrected chi connectivity index (χ2v) is 3.27. The van der Waals surface area contributed by atoms with Gasteiger partial charge in [-0.25, -0.2) is 0 Å². The van der Waals surface area contributed by atoms with Crippen molar-refractivity contribution in [2.45, 2.75) is 40.0 Å². The SMILES string of the molecule is C=CC.CCCCC.NC(O)=S.NC(O)=S.[Fe]. The zero-order chi connectivity index (χ0) is 14.0. The fourth-order valence-electron chi connectivity index (χ4n) is 0.354. The van der Waals surface area contributed by atoms with E-state index < -0.39 is 10.3 Å². The van der Waals surface area contributed by atoms with Crippen LogP contribution in [0.5, 0.6) is 0 Å². The predicted molar refractivity (Wildman–Crippen MR) is 79.9 cm³/mol. The van der Waals surface area contributed by atoms with Gasteiger partial charge in [-0.2, -0.15) is 0 Å². The Hall–Kier alpha value is -0.361. The Morgan fingerprint density at radius 1 is 1.12 bits per heavy atom. The zero-order valence-corrected chi connectivity index (χ0v) is 13.4. The topological polar surface area (TPSA) is 92.5 Å². The first-order chi connectivity index (χ1) is 7.29. The van der Waals surface area contributed by atoms with Crippen LogP contribution in [0.4, 0.5) is 0 Å². The minimum atomic E-state index is -0.500. The van der Waals surface area contributed by atoms with E-state index in [0.29, 0.717) is 0 Å². The normalized spacial score (nSPS) is 6.06. The van der Waals surface area contributed by atoms with Crippen LogP contribution >= 0.6 is 24.4 Å². The Bertz CT molecular complexity index is 148. The summed E-state index contributed by atoms with van der Waals surface area (Å²) in [5.74, 6) is 0. The first-order valence-corrected chi connectivity index (χ1v) is 5.65. The standard InChI is InChI=1S/C5H12.C3H6.2CH3NOS.Fe/c1-3-5-4-2;1-3-2;2*2-1(3)4;/h3-5H2,1-2H3;3H,1H2,2H3;2*(H3,2,3,4);. The summed E-state index contributed by atoms with van der Waals surface area (Å²) in [5, 5.41) is 14.1. The monoisotopic (exact) mass is 324 g/mol. The molecule has 0 aliphatic carbocycles. The van der Waals surface area contributed by atoms with Gasteiger partial charge in [-0.1, -0.05) is 39.2 Å². The van der Waals surface area contributed by atoms with E-state index in [1.54, 1.807) is 6.08 Å². The van der Waals surface area contributed by atoms with Crippen LogP contribution < -0.4 is 11.5 Å².